The molecule has 2 aliphatic heterocycles. The van der Waals surface area contributed by atoms with Gasteiger partial charge in [-0.15, -0.1) is 11.3 Å². The molecule has 0 aromatic carbocycles. The summed E-state index contributed by atoms with van der Waals surface area (Å²) in [4.78, 5) is 29.3. The number of sulfonamides is 1. The summed E-state index contributed by atoms with van der Waals surface area (Å²) in [5.74, 6) is -0.0168. The number of piperazine rings is 1. The third-order valence-corrected chi connectivity index (χ3v) is 9.01. The van der Waals surface area contributed by atoms with Crippen molar-refractivity contribution < 1.29 is 22.7 Å². The minimum atomic E-state index is -3.43. The number of nitrogens with zero attached hydrogens (tertiary/aromatic N) is 3. The third kappa shape index (κ3) is 6.72. The van der Waals surface area contributed by atoms with Gasteiger partial charge in [0.15, 0.2) is 0 Å². The van der Waals surface area contributed by atoms with Gasteiger partial charge >= 0.3 is 0 Å². The van der Waals surface area contributed by atoms with Crippen LogP contribution in [0.5, 0.6) is 0 Å². The number of rotatable bonds is 10. The van der Waals surface area contributed by atoms with Gasteiger partial charge in [-0.1, -0.05) is 0 Å². The summed E-state index contributed by atoms with van der Waals surface area (Å²) in [6, 6.07) is 3.36. The minimum Gasteiger partial charge on any atom is -0.385 e. The van der Waals surface area contributed by atoms with E-state index in [-0.39, 0.29) is 18.2 Å². The lowest BCUT2D eigenvalue weighted by Gasteiger charge is -2.34. The quantitative estimate of drug-likeness (QED) is 0.494. The van der Waals surface area contributed by atoms with Gasteiger partial charge in [0.1, 0.15) is 4.21 Å². The van der Waals surface area contributed by atoms with E-state index < -0.39 is 10.0 Å². The fourth-order valence-electron chi connectivity index (χ4n) is 3.77. The first-order chi connectivity index (χ1) is 14.9. The van der Waals surface area contributed by atoms with Crippen molar-refractivity contribution in [1.82, 2.24) is 19.4 Å². The van der Waals surface area contributed by atoms with Crippen LogP contribution in [0.1, 0.15) is 24.1 Å². The Labute approximate surface area is 188 Å². The van der Waals surface area contributed by atoms with Crippen molar-refractivity contribution in [2.75, 3.05) is 66.1 Å². The van der Waals surface area contributed by atoms with E-state index in [1.165, 1.54) is 15.6 Å². The maximum Gasteiger partial charge on any atom is 0.252 e. The Balaban J connectivity index is 1.42. The van der Waals surface area contributed by atoms with Crippen molar-refractivity contribution in [1.29, 1.82) is 0 Å². The van der Waals surface area contributed by atoms with Crippen molar-refractivity contribution in [3.05, 3.63) is 17.0 Å². The molecule has 0 radical (unpaired) electrons. The largest absolute Gasteiger partial charge is 0.385 e. The van der Waals surface area contributed by atoms with Crippen LogP contribution in [0, 0.1) is 0 Å². The van der Waals surface area contributed by atoms with Crippen LogP contribution in [0.4, 0.5) is 0 Å². The van der Waals surface area contributed by atoms with Crippen LogP contribution in [0.25, 0.3) is 0 Å². The summed E-state index contributed by atoms with van der Waals surface area (Å²) in [5.41, 5.74) is 0. The van der Waals surface area contributed by atoms with Gasteiger partial charge in [0.05, 0.1) is 13.0 Å². The highest BCUT2D eigenvalue weighted by molar-refractivity contribution is 7.91. The van der Waals surface area contributed by atoms with Gasteiger partial charge in [-0.2, -0.15) is 4.31 Å². The molecular weight excluding hydrogens is 440 g/mol. The summed E-state index contributed by atoms with van der Waals surface area (Å²) in [6.45, 7) is 5.14. The highest BCUT2D eigenvalue weighted by Gasteiger charge is 2.29. The Morgan fingerprint density at radius 2 is 1.81 bits per heavy atom. The summed E-state index contributed by atoms with van der Waals surface area (Å²) in [6.07, 6.45) is 2.79. The monoisotopic (exact) mass is 472 g/mol. The molecule has 0 aliphatic carbocycles. The number of hydrogen-bond donors (Lipinski definition) is 1. The van der Waals surface area contributed by atoms with Crippen molar-refractivity contribution in [3.8, 4) is 0 Å². The van der Waals surface area contributed by atoms with Crippen LogP contribution in [-0.2, 0) is 30.8 Å². The third-order valence-electron chi connectivity index (χ3n) is 5.56. The minimum absolute atomic E-state index is 0.00404. The zero-order valence-electron chi connectivity index (χ0n) is 18.0. The lowest BCUT2D eigenvalue weighted by Crippen LogP contribution is -2.51. The van der Waals surface area contributed by atoms with Gasteiger partial charge in [0.25, 0.3) is 10.0 Å². The Morgan fingerprint density at radius 1 is 1.10 bits per heavy atom. The first-order valence-electron chi connectivity index (χ1n) is 10.7. The smallest absolute Gasteiger partial charge is 0.252 e. The van der Waals surface area contributed by atoms with Crippen molar-refractivity contribution in [2.45, 2.75) is 29.9 Å². The number of ether oxygens (including phenoxy) is 1. The normalized spacial score (nSPS) is 18.4. The Bertz CT molecular complexity index is 844. The van der Waals surface area contributed by atoms with E-state index in [4.69, 9.17) is 4.74 Å². The first kappa shape index (κ1) is 24.1. The lowest BCUT2D eigenvalue weighted by atomic mass is 10.2. The highest BCUT2D eigenvalue weighted by atomic mass is 32.2. The zero-order valence-corrected chi connectivity index (χ0v) is 19.7. The summed E-state index contributed by atoms with van der Waals surface area (Å²) in [7, 11) is -1.80. The molecule has 2 amide bonds. The molecule has 0 atom stereocenters. The van der Waals surface area contributed by atoms with Crippen LogP contribution in [-0.4, -0.2) is 100 Å². The number of thiophene rings is 1. The van der Waals surface area contributed by atoms with Crippen molar-refractivity contribution >= 4 is 33.2 Å². The Hall–Kier alpha value is -1.53. The first-order valence-corrected chi connectivity index (χ1v) is 13.0. The molecule has 3 rings (SSSR count). The maximum absolute atomic E-state index is 12.7. The molecule has 9 nitrogen and oxygen atoms in total. The van der Waals surface area contributed by atoms with Gasteiger partial charge in [-0.05, 0) is 31.4 Å². The standard InChI is InChI=1S/C20H32N4O5S2/c1-29-14-4-7-21-18(25)16-22-10-12-23(13-11-22)19(26)15-17-5-6-20(30-17)31(27,28)24-8-2-3-9-24/h5-6H,2-4,7-16H2,1H3,(H,21,25). The average molecular weight is 473 g/mol. The van der Waals surface area contributed by atoms with E-state index in [9.17, 15) is 18.0 Å². The molecule has 0 unspecified atom stereocenters. The molecule has 1 N–H and O–H groups in total. The van der Waals surface area contributed by atoms with E-state index in [0.717, 1.165) is 24.1 Å². The van der Waals surface area contributed by atoms with E-state index >= 15 is 0 Å². The molecule has 2 saturated heterocycles. The van der Waals surface area contributed by atoms with E-state index in [1.54, 1.807) is 24.1 Å². The fourth-order valence-corrected chi connectivity index (χ4v) is 6.79. The number of carbonyl (C=O) groups is 2. The van der Waals surface area contributed by atoms with Gasteiger partial charge < -0.3 is 15.0 Å². The molecule has 174 valence electrons. The van der Waals surface area contributed by atoms with Crippen LogP contribution >= 0.6 is 11.3 Å². The van der Waals surface area contributed by atoms with Crippen LogP contribution in [0.3, 0.4) is 0 Å². The molecule has 3 heterocycles. The van der Waals surface area contributed by atoms with Gasteiger partial charge in [0.2, 0.25) is 11.8 Å². The Kier molecular flexibility index (Phi) is 8.85. The van der Waals surface area contributed by atoms with Crippen LogP contribution in [0.15, 0.2) is 16.3 Å². The number of methoxy groups -OCH3 is 1. The molecule has 0 bridgehead atoms. The molecule has 0 saturated carbocycles. The van der Waals surface area contributed by atoms with Gasteiger partial charge in [-0.25, -0.2) is 8.42 Å². The molecule has 1 aromatic rings. The van der Waals surface area contributed by atoms with Gasteiger partial charge in [-0.3, -0.25) is 14.5 Å². The van der Waals surface area contributed by atoms with E-state index in [2.05, 4.69) is 5.32 Å². The molecule has 11 heteroatoms. The maximum atomic E-state index is 12.7. The SMILES string of the molecule is COCCCNC(=O)CN1CCN(C(=O)Cc2ccc(S(=O)(=O)N3CCCC3)s2)CC1. The van der Waals surface area contributed by atoms with Gasteiger partial charge in [0, 0.05) is 64.4 Å². The number of amides is 2. The van der Waals surface area contributed by atoms with Crippen LogP contribution < -0.4 is 5.32 Å². The predicted octanol–water partition coefficient (Wildman–Crippen LogP) is 0.372. The number of hydrogen-bond acceptors (Lipinski definition) is 7. The average Bonchev–Trinajstić information content (AvgIpc) is 3.45. The lowest BCUT2D eigenvalue weighted by molar-refractivity contribution is -0.132. The summed E-state index contributed by atoms with van der Waals surface area (Å²) in [5, 5.41) is 2.87. The van der Waals surface area contributed by atoms with E-state index in [0.29, 0.717) is 63.2 Å². The predicted molar refractivity (Wildman–Crippen MR) is 119 cm³/mol. The molecule has 2 aliphatic rings. The topological polar surface area (TPSA) is 99.3 Å². The Morgan fingerprint density at radius 3 is 2.48 bits per heavy atom. The van der Waals surface area contributed by atoms with E-state index in [1.807, 2.05) is 4.90 Å². The highest BCUT2D eigenvalue weighted by Crippen LogP contribution is 2.27. The molecule has 0 spiro atoms. The molecule has 2 fully saturated rings. The second-order valence-corrected chi connectivity index (χ2v) is 11.2. The summed E-state index contributed by atoms with van der Waals surface area (Å²) >= 11 is 1.19. The van der Waals surface area contributed by atoms with Crippen molar-refractivity contribution in [3.63, 3.8) is 0 Å². The molecule has 1 aromatic heterocycles. The van der Waals surface area contributed by atoms with Crippen molar-refractivity contribution in [2.24, 2.45) is 0 Å². The number of nitrogens with one attached hydrogen (secondary N) is 1. The molecular formula is C20H32N4O5S2. The zero-order chi connectivity index (χ0) is 22.3. The fraction of sp³-hybridized carbons (Fsp3) is 0.700. The molecule has 31 heavy (non-hydrogen) atoms. The number of carbonyl (C=O) groups excluding carboxylic acids is 2. The second-order valence-electron chi connectivity index (χ2n) is 7.86. The van der Waals surface area contributed by atoms with Crippen LogP contribution in [0.2, 0.25) is 0 Å². The second kappa shape index (κ2) is 11.4. The summed E-state index contributed by atoms with van der Waals surface area (Å²) < 4.78 is 32.1.